The Labute approximate surface area is 160 Å². The van der Waals surface area contributed by atoms with Crippen molar-refractivity contribution in [1.29, 1.82) is 0 Å². The maximum absolute atomic E-state index is 13.0. The van der Waals surface area contributed by atoms with Crippen LogP contribution in [-0.2, 0) is 17.9 Å². The van der Waals surface area contributed by atoms with E-state index in [0.29, 0.717) is 24.6 Å². The van der Waals surface area contributed by atoms with E-state index in [1.165, 1.54) is 12.1 Å². The summed E-state index contributed by atoms with van der Waals surface area (Å²) in [5, 5.41) is 2.91. The minimum atomic E-state index is -0.284. The average molecular weight is 375 g/mol. The molecule has 0 spiro atoms. The zero-order valence-corrected chi connectivity index (χ0v) is 16.6. The van der Waals surface area contributed by atoms with Crippen molar-refractivity contribution in [1.82, 2.24) is 5.32 Å². The van der Waals surface area contributed by atoms with Crippen LogP contribution in [0, 0.1) is 12.7 Å². The first-order chi connectivity index (χ1) is 12.8. The summed E-state index contributed by atoms with van der Waals surface area (Å²) in [6.07, 6.45) is 0. The summed E-state index contributed by atoms with van der Waals surface area (Å²) >= 11 is 0. The smallest absolute Gasteiger partial charge is 0.278 e. The Morgan fingerprint density at radius 2 is 1.74 bits per heavy atom. The van der Waals surface area contributed by atoms with Gasteiger partial charge >= 0.3 is 0 Å². The standard InChI is InChI=1S/C21H27FN2O3/c1-14-10-19(26-4)20(27-5)11-17(14)13-24(3)15(2)21(25)23-12-16-6-8-18(22)9-7-16/h6-11,15H,12-13H2,1-5H3,(H,23,25)/p+1/t15-/m1/s1. The van der Waals surface area contributed by atoms with Gasteiger partial charge in [-0.2, -0.15) is 0 Å². The zero-order chi connectivity index (χ0) is 20.0. The number of methoxy groups -OCH3 is 2. The van der Waals surface area contributed by atoms with E-state index in [1.807, 2.05) is 33.0 Å². The van der Waals surface area contributed by atoms with Gasteiger partial charge in [0.2, 0.25) is 0 Å². The van der Waals surface area contributed by atoms with Crippen molar-refractivity contribution < 1.29 is 23.6 Å². The molecular weight excluding hydrogens is 347 g/mol. The number of quaternary nitrogens is 1. The highest BCUT2D eigenvalue weighted by Gasteiger charge is 2.23. The molecule has 0 fully saturated rings. The van der Waals surface area contributed by atoms with Crippen molar-refractivity contribution in [2.24, 2.45) is 0 Å². The first-order valence-corrected chi connectivity index (χ1v) is 8.91. The topological polar surface area (TPSA) is 52.0 Å². The first-order valence-electron chi connectivity index (χ1n) is 8.91. The van der Waals surface area contributed by atoms with Crippen LogP contribution in [0.15, 0.2) is 36.4 Å². The number of carbonyl (C=O) groups excluding carboxylic acids is 1. The lowest BCUT2D eigenvalue weighted by Crippen LogP contribution is -3.12. The highest BCUT2D eigenvalue weighted by molar-refractivity contribution is 5.79. The Hall–Kier alpha value is -2.60. The van der Waals surface area contributed by atoms with Crippen molar-refractivity contribution >= 4 is 5.91 Å². The van der Waals surface area contributed by atoms with Gasteiger partial charge in [0.1, 0.15) is 12.4 Å². The summed E-state index contributed by atoms with van der Waals surface area (Å²) in [4.78, 5) is 13.5. The molecule has 0 saturated carbocycles. The first kappa shape index (κ1) is 20.7. The van der Waals surface area contributed by atoms with Crippen LogP contribution < -0.4 is 19.7 Å². The van der Waals surface area contributed by atoms with Crippen molar-refractivity contribution in [3.05, 3.63) is 58.9 Å². The van der Waals surface area contributed by atoms with Gasteiger partial charge in [0.05, 0.1) is 21.3 Å². The van der Waals surface area contributed by atoms with Crippen molar-refractivity contribution in [3.63, 3.8) is 0 Å². The molecule has 146 valence electrons. The van der Waals surface area contributed by atoms with E-state index < -0.39 is 0 Å². The SMILES string of the molecule is COc1cc(C)c(C[NH+](C)[C@H](C)C(=O)NCc2ccc(F)cc2)cc1OC. The summed E-state index contributed by atoms with van der Waals surface area (Å²) in [7, 11) is 5.21. The molecule has 1 unspecified atom stereocenters. The maximum atomic E-state index is 13.0. The number of nitrogens with one attached hydrogen (secondary N) is 2. The Balaban J connectivity index is 1.99. The summed E-state index contributed by atoms with van der Waals surface area (Å²) < 4.78 is 23.7. The number of amides is 1. The molecule has 5 nitrogen and oxygen atoms in total. The molecule has 0 aliphatic rings. The van der Waals surface area contributed by atoms with E-state index in [-0.39, 0.29) is 17.8 Å². The van der Waals surface area contributed by atoms with Crippen LogP contribution in [0.3, 0.4) is 0 Å². The van der Waals surface area contributed by atoms with Crippen LogP contribution in [0.25, 0.3) is 0 Å². The molecule has 2 aromatic rings. The normalized spacial score (nSPS) is 13.0. The molecule has 6 heteroatoms. The number of aryl methyl sites for hydroxylation is 1. The zero-order valence-electron chi connectivity index (χ0n) is 16.6. The second-order valence-electron chi connectivity index (χ2n) is 6.72. The second kappa shape index (κ2) is 9.37. The quantitative estimate of drug-likeness (QED) is 0.741. The second-order valence-corrected chi connectivity index (χ2v) is 6.72. The van der Waals surface area contributed by atoms with Crippen LogP contribution in [0.4, 0.5) is 4.39 Å². The van der Waals surface area contributed by atoms with Crippen molar-refractivity contribution in [2.75, 3.05) is 21.3 Å². The van der Waals surface area contributed by atoms with Crippen LogP contribution >= 0.6 is 0 Å². The number of hydrogen-bond acceptors (Lipinski definition) is 3. The van der Waals surface area contributed by atoms with E-state index in [0.717, 1.165) is 21.6 Å². The highest BCUT2D eigenvalue weighted by atomic mass is 19.1. The minimum absolute atomic E-state index is 0.0463. The molecule has 2 atom stereocenters. The van der Waals surface area contributed by atoms with Crippen LogP contribution in [0.1, 0.15) is 23.6 Å². The number of halogens is 1. The number of hydrogen-bond donors (Lipinski definition) is 2. The van der Waals surface area contributed by atoms with E-state index in [4.69, 9.17) is 9.47 Å². The van der Waals surface area contributed by atoms with Gasteiger partial charge in [-0.25, -0.2) is 4.39 Å². The lowest BCUT2D eigenvalue weighted by atomic mass is 10.1. The molecule has 0 heterocycles. The van der Waals surface area contributed by atoms with Crippen LogP contribution in [0.5, 0.6) is 11.5 Å². The number of likely N-dealkylation sites (N-methyl/N-ethyl adjacent to an activating group) is 1. The summed E-state index contributed by atoms with van der Waals surface area (Å²) in [5.74, 6) is 1.05. The third-order valence-corrected chi connectivity index (χ3v) is 4.82. The molecule has 0 aromatic heterocycles. The molecule has 0 bridgehead atoms. The van der Waals surface area contributed by atoms with Gasteiger partial charge in [-0.3, -0.25) is 4.79 Å². The molecule has 0 aliphatic heterocycles. The fraction of sp³-hybridized carbons (Fsp3) is 0.381. The molecular formula is C21H28FN2O3+. The fourth-order valence-electron chi connectivity index (χ4n) is 2.83. The lowest BCUT2D eigenvalue weighted by molar-refractivity contribution is -0.908. The van der Waals surface area contributed by atoms with Gasteiger partial charge in [0, 0.05) is 12.1 Å². The van der Waals surface area contributed by atoms with Gasteiger partial charge in [0.15, 0.2) is 17.5 Å². The van der Waals surface area contributed by atoms with E-state index >= 15 is 0 Å². The monoisotopic (exact) mass is 375 g/mol. The van der Waals surface area contributed by atoms with Crippen LogP contribution in [-0.4, -0.2) is 33.2 Å². The number of rotatable bonds is 8. The Kier molecular flexibility index (Phi) is 7.19. The molecule has 0 aliphatic carbocycles. The third-order valence-electron chi connectivity index (χ3n) is 4.82. The molecule has 2 rings (SSSR count). The fourth-order valence-corrected chi connectivity index (χ4v) is 2.83. The predicted octanol–water partition coefficient (Wildman–Crippen LogP) is 1.87. The van der Waals surface area contributed by atoms with Crippen molar-refractivity contribution in [2.45, 2.75) is 33.0 Å². The molecule has 27 heavy (non-hydrogen) atoms. The molecule has 0 saturated heterocycles. The molecule has 0 radical (unpaired) electrons. The summed E-state index contributed by atoms with van der Waals surface area (Å²) in [6, 6.07) is 9.79. The minimum Gasteiger partial charge on any atom is -0.493 e. The van der Waals surface area contributed by atoms with E-state index in [9.17, 15) is 9.18 Å². The average Bonchev–Trinajstić information content (AvgIpc) is 2.67. The van der Waals surface area contributed by atoms with Gasteiger partial charge in [0.25, 0.3) is 5.91 Å². The number of carbonyl (C=O) groups is 1. The molecule has 1 amide bonds. The number of ether oxygens (including phenoxy) is 2. The Bertz CT molecular complexity index is 778. The summed E-state index contributed by atoms with van der Waals surface area (Å²) in [5.41, 5.74) is 3.06. The molecule has 2 N–H and O–H groups in total. The van der Waals surface area contributed by atoms with Crippen LogP contribution in [0.2, 0.25) is 0 Å². The van der Waals surface area contributed by atoms with Gasteiger partial charge < -0.3 is 19.7 Å². The number of benzene rings is 2. The van der Waals surface area contributed by atoms with Gasteiger partial charge in [-0.05, 0) is 49.2 Å². The Morgan fingerprint density at radius 3 is 2.33 bits per heavy atom. The van der Waals surface area contributed by atoms with Gasteiger partial charge in [-0.1, -0.05) is 12.1 Å². The lowest BCUT2D eigenvalue weighted by Gasteiger charge is -2.22. The third kappa shape index (κ3) is 5.44. The molecule has 2 aromatic carbocycles. The van der Waals surface area contributed by atoms with Gasteiger partial charge in [-0.15, -0.1) is 0 Å². The largest absolute Gasteiger partial charge is 0.493 e. The predicted molar refractivity (Wildman–Crippen MR) is 103 cm³/mol. The Morgan fingerprint density at radius 1 is 1.15 bits per heavy atom. The van der Waals surface area contributed by atoms with E-state index in [1.54, 1.807) is 26.4 Å². The summed E-state index contributed by atoms with van der Waals surface area (Å²) in [6.45, 7) is 4.97. The van der Waals surface area contributed by atoms with Crippen molar-refractivity contribution in [3.8, 4) is 11.5 Å². The maximum Gasteiger partial charge on any atom is 0.278 e. The van der Waals surface area contributed by atoms with E-state index in [2.05, 4.69) is 5.32 Å². The highest BCUT2D eigenvalue weighted by Crippen LogP contribution is 2.29.